The Hall–Kier alpha value is -1.80. The highest BCUT2D eigenvalue weighted by Gasteiger charge is 2.19. The fourth-order valence-electron chi connectivity index (χ4n) is 1.37. The normalized spacial score (nSPS) is 10.1. The minimum atomic E-state index is -0.973. The summed E-state index contributed by atoms with van der Waals surface area (Å²) >= 11 is 6.01. The lowest BCUT2D eigenvalue weighted by Gasteiger charge is -2.26. The van der Waals surface area contributed by atoms with Gasteiger partial charge in [0.05, 0.1) is 5.56 Å². The van der Waals surface area contributed by atoms with Gasteiger partial charge in [0.1, 0.15) is 23.5 Å². The van der Waals surface area contributed by atoms with Crippen molar-refractivity contribution in [2.24, 2.45) is 0 Å². The molecule has 0 aliphatic carbocycles. The highest BCUT2D eigenvalue weighted by molar-refractivity contribution is 6.34. The number of nitrogens with zero attached hydrogens (tertiary/aromatic N) is 3. The minimum Gasteiger partial charge on any atom is -0.480 e. The molecule has 0 radical (unpaired) electrons. The topological polar surface area (TPSA) is 77.2 Å². The maximum atomic E-state index is 10.8. The van der Waals surface area contributed by atoms with Crippen LogP contribution in [0, 0.1) is 11.3 Å². The third kappa shape index (κ3) is 3.08. The Morgan fingerprint density at radius 2 is 2.35 bits per heavy atom. The van der Waals surface area contributed by atoms with Crippen molar-refractivity contribution in [3.05, 3.63) is 22.8 Å². The van der Waals surface area contributed by atoms with E-state index < -0.39 is 5.97 Å². The fraction of sp³-hybridized carbons (Fsp3) is 0.364. The second-order valence-corrected chi connectivity index (χ2v) is 4.10. The lowest BCUT2D eigenvalue weighted by molar-refractivity contribution is -0.135. The van der Waals surface area contributed by atoms with Crippen LogP contribution in [0.4, 0.5) is 5.82 Å². The first-order valence-electron chi connectivity index (χ1n) is 5.00. The number of carbonyl (C=O) groups is 1. The molecule has 0 bridgehead atoms. The summed E-state index contributed by atoms with van der Waals surface area (Å²) in [5.74, 6) is -0.651. The first kappa shape index (κ1) is 13.3. The van der Waals surface area contributed by atoms with Gasteiger partial charge < -0.3 is 10.0 Å². The molecule has 0 fully saturated rings. The van der Waals surface area contributed by atoms with Crippen molar-refractivity contribution < 1.29 is 9.90 Å². The molecule has 0 amide bonds. The molecule has 0 aliphatic rings. The Morgan fingerprint density at radius 1 is 1.71 bits per heavy atom. The Bertz CT molecular complexity index is 468. The summed E-state index contributed by atoms with van der Waals surface area (Å²) in [6, 6.07) is 3.35. The van der Waals surface area contributed by atoms with Crippen LogP contribution in [0.15, 0.2) is 12.3 Å². The molecule has 0 saturated carbocycles. The average molecular weight is 254 g/mol. The highest BCUT2D eigenvalue weighted by atomic mass is 35.5. The molecule has 0 unspecified atom stereocenters. The Kier molecular flexibility index (Phi) is 4.30. The molecule has 1 aromatic heterocycles. The minimum absolute atomic E-state index is 0.0787. The van der Waals surface area contributed by atoms with Gasteiger partial charge in [0, 0.05) is 12.2 Å². The summed E-state index contributed by atoms with van der Waals surface area (Å²) in [7, 11) is 0. The van der Waals surface area contributed by atoms with Gasteiger partial charge in [-0.15, -0.1) is 0 Å². The quantitative estimate of drug-likeness (QED) is 0.887. The molecule has 1 aromatic rings. The summed E-state index contributed by atoms with van der Waals surface area (Å²) in [6.45, 7) is 3.46. The van der Waals surface area contributed by atoms with Crippen molar-refractivity contribution in [3.8, 4) is 6.07 Å². The first-order chi connectivity index (χ1) is 7.97. The summed E-state index contributed by atoms with van der Waals surface area (Å²) in [5, 5.41) is 17.9. The Balaban J connectivity index is 3.20. The van der Waals surface area contributed by atoms with Crippen molar-refractivity contribution in [1.82, 2.24) is 4.98 Å². The van der Waals surface area contributed by atoms with Crippen LogP contribution in [0.1, 0.15) is 19.4 Å². The van der Waals surface area contributed by atoms with Crippen LogP contribution in [0.3, 0.4) is 0 Å². The molecular weight excluding hydrogens is 242 g/mol. The third-order valence-electron chi connectivity index (χ3n) is 2.19. The number of carboxylic acids is 1. The van der Waals surface area contributed by atoms with Gasteiger partial charge in [-0.3, -0.25) is 4.79 Å². The zero-order valence-corrected chi connectivity index (χ0v) is 10.3. The Morgan fingerprint density at radius 3 is 2.82 bits per heavy atom. The molecule has 90 valence electrons. The fourth-order valence-corrected chi connectivity index (χ4v) is 1.63. The van der Waals surface area contributed by atoms with Gasteiger partial charge in [0.15, 0.2) is 0 Å². The third-order valence-corrected chi connectivity index (χ3v) is 2.56. The van der Waals surface area contributed by atoms with Gasteiger partial charge >= 0.3 is 5.97 Å². The number of aromatic nitrogens is 1. The van der Waals surface area contributed by atoms with Crippen molar-refractivity contribution in [1.29, 1.82) is 5.26 Å². The predicted molar refractivity (Wildman–Crippen MR) is 64.1 cm³/mol. The number of aliphatic carboxylic acids is 1. The van der Waals surface area contributed by atoms with E-state index in [4.69, 9.17) is 22.0 Å². The van der Waals surface area contributed by atoms with Crippen molar-refractivity contribution >= 4 is 23.4 Å². The van der Waals surface area contributed by atoms with E-state index in [1.807, 2.05) is 19.9 Å². The number of halogens is 1. The van der Waals surface area contributed by atoms with Gasteiger partial charge in [-0.25, -0.2) is 4.98 Å². The Labute approximate surface area is 104 Å². The van der Waals surface area contributed by atoms with E-state index in [-0.39, 0.29) is 23.2 Å². The molecular formula is C11H12ClN3O2. The van der Waals surface area contributed by atoms with Crippen LogP contribution < -0.4 is 4.90 Å². The summed E-state index contributed by atoms with van der Waals surface area (Å²) in [5.41, 5.74) is 0.285. The van der Waals surface area contributed by atoms with Crippen molar-refractivity contribution in [3.63, 3.8) is 0 Å². The van der Waals surface area contributed by atoms with E-state index in [9.17, 15) is 4.79 Å². The average Bonchev–Trinajstić information content (AvgIpc) is 2.26. The van der Waals surface area contributed by atoms with Crippen molar-refractivity contribution in [2.45, 2.75) is 19.9 Å². The summed E-state index contributed by atoms with van der Waals surface area (Å²) in [6.07, 6.45) is 1.44. The highest BCUT2D eigenvalue weighted by Crippen LogP contribution is 2.27. The second-order valence-electron chi connectivity index (χ2n) is 3.72. The zero-order valence-electron chi connectivity index (χ0n) is 9.51. The van der Waals surface area contributed by atoms with Crippen LogP contribution in [-0.2, 0) is 4.79 Å². The number of hydrogen-bond acceptors (Lipinski definition) is 4. The van der Waals surface area contributed by atoms with E-state index in [1.54, 1.807) is 0 Å². The van der Waals surface area contributed by atoms with E-state index in [0.29, 0.717) is 5.82 Å². The van der Waals surface area contributed by atoms with E-state index >= 15 is 0 Å². The molecule has 1 heterocycles. The van der Waals surface area contributed by atoms with Crippen LogP contribution in [0.5, 0.6) is 0 Å². The van der Waals surface area contributed by atoms with E-state index in [1.165, 1.54) is 17.2 Å². The van der Waals surface area contributed by atoms with Gasteiger partial charge in [0.2, 0.25) is 0 Å². The standard InChI is InChI=1S/C11H12ClN3O2/c1-7(2)15(6-9(16)17)11-10(12)8(5-13)3-4-14-11/h3-4,7H,6H2,1-2H3,(H,16,17). The molecule has 0 aromatic carbocycles. The SMILES string of the molecule is CC(C)N(CC(=O)O)c1nccc(C#N)c1Cl. The van der Waals surface area contributed by atoms with E-state index in [2.05, 4.69) is 4.98 Å². The predicted octanol–water partition coefficient (Wildman–Crippen LogP) is 1.91. The lowest BCUT2D eigenvalue weighted by atomic mass is 10.2. The molecule has 6 heteroatoms. The largest absolute Gasteiger partial charge is 0.480 e. The van der Waals surface area contributed by atoms with Crippen LogP contribution in [0.25, 0.3) is 0 Å². The molecule has 5 nitrogen and oxygen atoms in total. The zero-order chi connectivity index (χ0) is 13.0. The number of anilines is 1. The molecule has 0 atom stereocenters. The molecule has 1 N–H and O–H groups in total. The smallest absolute Gasteiger partial charge is 0.323 e. The number of nitriles is 1. The molecule has 0 aliphatic heterocycles. The second kappa shape index (κ2) is 5.51. The summed E-state index contributed by atoms with van der Waals surface area (Å²) < 4.78 is 0. The number of carboxylic acid groups (broad SMARTS) is 1. The van der Waals surface area contributed by atoms with Gasteiger partial charge in [0.25, 0.3) is 0 Å². The van der Waals surface area contributed by atoms with Crippen LogP contribution in [-0.4, -0.2) is 28.6 Å². The lowest BCUT2D eigenvalue weighted by Crippen LogP contribution is -2.36. The number of hydrogen-bond donors (Lipinski definition) is 1. The molecule has 0 saturated heterocycles. The summed E-state index contributed by atoms with van der Waals surface area (Å²) in [4.78, 5) is 16.4. The van der Waals surface area contributed by atoms with Crippen LogP contribution >= 0.6 is 11.6 Å². The monoisotopic (exact) mass is 253 g/mol. The van der Waals surface area contributed by atoms with Gasteiger partial charge in [-0.05, 0) is 19.9 Å². The number of pyridine rings is 1. The number of rotatable bonds is 4. The van der Waals surface area contributed by atoms with Gasteiger partial charge in [-0.2, -0.15) is 5.26 Å². The van der Waals surface area contributed by atoms with E-state index in [0.717, 1.165) is 0 Å². The maximum absolute atomic E-state index is 10.8. The van der Waals surface area contributed by atoms with Crippen LogP contribution in [0.2, 0.25) is 5.02 Å². The molecule has 0 spiro atoms. The van der Waals surface area contributed by atoms with Crippen molar-refractivity contribution in [2.75, 3.05) is 11.4 Å². The molecule has 17 heavy (non-hydrogen) atoms. The molecule has 1 rings (SSSR count). The first-order valence-corrected chi connectivity index (χ1v) is 5.38. The maximum Gasteiger partial charge on any atom is 0.323 e. The van der Waals surface area contributed by atoms with Gasteiger partial charge in [-0.1, -0.05) is 11.6 Å².